The van der Waals surface area contributed by atoms with Crippen LogP contribution < -0.4 is 9.64 Å². The maximum Gasteiger partial charge on any atom is 0.133 e. The first-order valence-electron chi connectivity index (χ1n) is 7.07. The molecular weight excluding hydrogens is 238 g/mol. The van der Waals surface area contributed by atoms with Gasteiger partial charge >= 0.3 is 0 Å². The summed E-state index contributed by atoms with van der Waals surface area (Å²) < 4.78 is 5.37. The van der Waals surface area contributed by atoms with E-state index in [4.69, 9.17) is 4.74 Å². The number of anilines is 1. The van der Waals surface area contributed by atoms with E-state index < -0.39 is 0 Å². The van der Waals surface area contributed by atoms with E-state index in [-0.39, 0.29) is 0 Å². The van der Waals surface area contributed by atoms with Crippen LogP contribution in [0.15, 0.2) is 18.2 Å². The van der Waals surface area contributed by atoms with Gasteiger partial charge in [0.05, 0.1) is 7.11 Å². The van der Waals surface area contributed by atoms with Gasteiger partial charge in [0.1, 0.15) is 11.5 Å². The standard InChI is InChI=1S/C16H23NO2/c1-4-12-11-14(7-10-16(12)19-3)17(2)13-5-8-15(18)9-6-13/h7,10-11,13H,4-6,8-9H2,1-3H3. The molecule has 0 unspecified atom stereocenters. The Balaban J connectivity index is 2.14. The number of hydrogen-bond donors (Lipinski definition) is 0. The zero-order valence-electron chi connectivity index (χ0n) is 12.1. The molecule has 0 aromatic heterocycles. The number of Topliss-reactive ketones (excluding diaryl/α,β-unsaturated/α-hetero) is 1. The van der Waals surface area contributed by atoms with Gasteiger partial charge in [-0.3, -0.25) is 4.79 Å². The largest absolute Gasteiger partial charge is 0.496 e. The molecule has 1 fully saturated rings. The number of aryl methyl sites for hydroxylation is 1. The average Bonchev–Trinajstić information content (AvgIpc) is 2.46. The molecule has 0 saturated heterocycles. The molecule has 3 heteroatoms. The van der Waals surface area contributed by atoms with Gasteiger partial charge in [0.2, 0.25) is 0 Å². The average molecular weight is 261 g/mol. The lowest BCUT2D eigenvalue weighted by molar-refractivity contribution is -0.120. The predicted molar refractivity (Wildman–Crippen MR) is 78.0 cm³/mol. The van der Waals surface area contributed by atoms with Crippen molar-refractivity contribution < 1.29 is 9.53 Å². The van der Waals surface area contributed by atoms with Gasteiger partial charge in [-0.05, 0) is 43.0 Å². The SMILES string of the molecule is CCc1cc(N(C)C2CCC(=O)CC2)ccc1OC. The van der Waals surface area contributed by atoms with Crippen LogP contribution in [-0.2, 0) is 11.2 Å². The van der Waals surface area contributed by atoms with Crippen LogP contribution in [-0.4, -0.2) is 26.0 Å². The van der Waals surface area contributed by atoms with Gasteiger partial charge in [-0.15, -0.1) is 0 Å². The Morgan fingerprint density at radius 2 is 2.00 bits per heavy atom. The third-order valence-corrected chi connectivity index (χ3v) is 4.11. The van der Waals surface area contributed by atoms with Crippen molar-refractivity contribution >= 4 is 11.5 Å². The van der Waals surface area contributed by atoms with Crippen LogP contribution in [0.25, 0.3) is 0 Å². The molecule has 0 radical (unpaired) electrons. The van der Waals surface area contributed by atoms with E-state index in [2.05, 4.69) is 31.0 Å². The predicted octanol–water partition coefficient (Wildman–Crippen LogP) is 3.21. The van der Waals surface area contributed by atoms with Crippen molar-refractivity contribution in [2.24, 2.45) is 0 Å². The molecule has 1 aromatic carbocycles. The molecule has 19 heavy (non-hydrogen) atoms. The first-order valence-corrected chi connectivity index (χ1v) is 7.07. The van der Waals surface area contributed by atoms with Crippen molar-refractivity contribution in [3.8, 4) is 5.75 Å². The number of hydrogen-bond acceptors (Lipinski definition) is 3. The molecule has 2 rings (SSSR count). The van der Waals surface area contributed by atoms with Gasteiger partial charge in [-0.2, -0.15) is 0 Å². The van der Waals surface area contributed by atoms with E-state index in [1.807, 2.05) is 6.07 Å². The van der Waals surface area contributed by atoms with E-state index in [1.165, 1.54) is 11.3 Å². The third-order valence-electron chi connectivity index (χ3n) is 4.11. The smallest absolute Gasteiger partial charge is 0.133 e. The normalized spacial score (nSPS) is 16.5. The summed E-state index contributed by atoms with van der Waals surface area (Å²) in [6, 6.07) is 6.83. The highest BCUT2D eigenvalue weighted by atomic mass is 16.5. The lowest BCUT2D eigenvalue weighted by atomic mass is 9.93. The molecule has 0 bridgehead atoms. The Kier molecular flexibility index (Phi) is 4.46. The first kappa shape index (κ1) is 13.9. The van der Waals surface area contributed by atoms with Gasteiger partial charge in [-0.1, -0.05) is 6.92 Å². The van der Waals surface area contributed by atoms with E-state index in [1.54, 1.807) is 7.11 Å². The van der Waals surface area contributed by atoms with Crippen molar-refractivity contribution in [3.05, 3.63) is 23.8 Å². The lowest BCUT2D eigenvalue weighted by Crippen LogP contribution is -2.35. The molecule has 1 aromatic rings. The topological polar surface area (TPSA) is 29.5 Å². The van der Waals surface area contributed by atoms with Crippen molar-refractivity contribution in [2.75, 3.05) is 19.1 Å². The maximum atomic E-state index is 11.3. The summed E-state index contributed by atoms with van der Waals surface area (Å²) in [6.07, 6.45) is 4.37. The van der Waals surface area contributed by atoms with Gasteiger partial charge in [0.15, 0.2) is 0 Å². The Bertz CT molecular complexity index is 446. The quantitative estimate of drug-likeness (QED) is 0.833. The molecule has 0 aliphatic heterocycles. The van der Waals surface area contributed by atoms with Crippen molar-refractivity contribution in [3.63, 3.8) is 0 Å². The molecule has 1 aliphatic rings. The van der Waals surface area contributed by atoms with Crippen molar-refractivity contribution in [1.29, 1.82) is 0 Å². The Morgan fingerprint density at radius 1 is 1.32 bits per heavy atom. The summed E-state index contributed by atoms with van der Waals surface area (Å²) in [7, 11) is 3.84. The zero-order chi connectivity index (χ0) is 13.8. The molecule has 0 N–H and O–H groups in total. The summed E-state index contributed by atoms with van der Waals surface area (Å²) in [5, 5.41) is 0. The molecule has 0 heterocycles. The maximum absolute atomic E-state index is 11.3. The molecule has 1 aliphatic carbocycles. The van der Waals surface area contributed by atoms with E-state index >= 15 is 0 Å². The van der Waals surface area contributed by atoms with Crippen molar-refractivity contribution in [1.82, 2.24) is 0 Å². The third kappa shape index (κ3) is 3.09. The summed E-state index contributed by atoms with van der Waals surface area (Å²) in [6.45, 7) is 2.14. The number of methoxy groups -OCH3 is 1. The molecular formula is C16H23NO2. The number of benzene rings is 1. The molecule has 1 saturated carbocycles. The van der Waals surface area contributed by atoms with Crippen LogP contribution in [0.2, 0.25) is 0 Å². The van der Waals surface area contributed by atoms with Crippen LogP contribution in [0.5, 0.6) is 5.75 Å². The fraction of sp³-hybridized carbons (Fsp3) is 0.562. The number of carbonyl (C=O) groups excluding carboxylic acids is 1. The second kappa shape index (κ2) is 6.09. The van der Waals surface area contributed by atoms with Crippen LogP contribution >= 0.6 is 0 Å². The van der Waals surface area contributed by atoms with E-state index in [9.17, 15) is 4.79 Å². The Morgan fingerprint density at radius 3 is 2.58 bits per heavy atom. The minimum Gasteiger partial charge on any atom is -0.496 e. The second-order valence-electron chi connectivity index (χ2n) is 5.23. The molecule has 0 atom stereocenters. The van der Waals surface area contributed by atoms with Gasteiger partial charge in [-0.25, -0.2) is 0 Å². The van der Waals surface area contributed by atoms with Crippen LogP contribution in [0.1, 0.15) is 38.2 Å². The van der Waals surface area contributed by atoms with Crippen molar-refractivity contribution in [2.45, 2.75) is 45.1 Å². The number of rotatable bonds is 4. The first-order chi connectivity index (χ1) is 9.15. The molecule has 104 valence electrons. The van der Waals surface area contributed by atoms with E-state index in [0.717, 1.165) is 37.9 Å². The highest BCUT2D eigenvalue weighted by Gasteiger charge is 2.22. The van der Waals surface area contributed by atoms with E-state index in [0.29, 0.717) is 11.8 Å². The summed E-state index contributed by atoms with van der Waals surface area (Å²) in [5.74, 6) is 1.37. The number of carbonyl (C=O) groups is 1. The lowest BCUT2D eigenvalue weighted by Gasteiger charge is -2.33. The Labute approximate surface area is 115 Å². The van der Waals surface area contributed by atoms with Crippen LogP contribution in [0, 0.1) is 0 Å². The minimum absolute atomic E-state index is 0.411. The molecule has 3 nitrogen and oxygen atoms in total. The summed E-state index contributed by atoms with van der Waals surface area (Å²) >= 11 is 0. The van der Waals surface area contributed by atoms with Gasteiger partial charge in [0.25, 0.3) is 0 Å². The number of ketones is 1. The monoisotopic (exact) mass is 261 g/mol. The second-order valence-corrected chi connectivity index (χ2v) is 5.23. The van der Waals surface area contributed by atoms with Crippen LogP contribution in [0.3, 0.4) is 0 Å². The van der Waals surface area contributed by atoms with Crippen LogP contribution in [0.4, 0.5) is 5.69 Å². The zero-order valence-corrected chi connectivity index (χ0v) is 12.1. The summed E-state index contributed by atoms with van der Waals surface area (Å²) in [4.78, 5) is 13.6. The summed E-state index contributed by atoms with van der Waals surface area (Å²) in [5.41, 5.74) is 2.45. The van der Waals surface area contributed by atoms with Gasteiger partial charge < -0.3 is 9.64 Å². The Hall–Kier alpha value is -1.51. The molecule has 0 amide bonds. The number of nitrogens with zero attached hydrogens (tertiary/aromatic N) is 1. The highest BCUT2D eigenvalue weighted by molar-refractivity contribution is 5.79. The van der Waals surface area contributed by atoms with Gasteiger partial charge in [0, 0.05) is 31.6 Å². The fourth-order valence-electron chi connectivity index (χ4n) is 2.78. The number of ether oxygens (including phenoxy) is 1. The minimum atomic E-state index is 0.411. The highest BCUT2D eigenvalue weighted by Crippen LogP contribution is 2.29. The fourth-order valence-corrected chi connectivity index (χ4v) is 2.78. The molecule has 0 spiro atoms.